The van der Waals surface area contributed by atoms with E-state index in [0.29, 0.717) is 73.4 Å². The van der Waals surface area contributed by atoms with E-state index in [9.17, 15) is 14.4 Å². The topological polar surface area (TPSA) is 111 Å². The van der Waals surface area contributed by atoms with Crippen LogP contribution in [0, 0.1) is 12.3 Å². The molecule has 3 saturated heterocycles. The van der Waals surface area contributed by atoms with Crippen molar-refractivity contribution in [2.45, 2.75) is 69.7 Å². The first-order valence-corrected chi connectivity index (χ1v) is 16.8. The van der Waals surface area contributed by atoms with Gasteiger partial charge in [-0.2, -0.15) is 0 Å². The SMILES string of the molecule is C#Cc1cc(C[C@@H](OC(=O)N2CCC(N3Cc4cscc4NC3=O)CC2)C(=O)N2CCC(N3CCCC3)CC2)cc(Cl)c1N. The lowest BCUT2D eigenvalue weighted by Crippen LogP contribution is -2.53. The molecule has 0 unspecified atom stereocenters. The Labute approximate surface area is 267 Å². The van der Waals surface area contributed by atoms with Crippen molar-refractivity contribution < 1.29 is 19.1 Å². The van der Waals surface area contributed by atoms with Crippen LogP contribution in [0.5, 0.6) is 0 Å². The molecule has 6 rings (SSSR count). The monoisotopic (exact) mass is 638 g/mol. The summed E-state index contributed by atoms with van der Waals surface area (Å²) in [6.45, 7) is 4.93. The van der Waals surface area contributed by atoms with Crippen LogP contribution in [0.3, 0.4) is 0 Å². The molecule has 3 N–H and O–H groups in total. The number of hydrogen-bond acceptors (Lipinski definition) is 7. The number of ether oxygens (including phenoxy) is 1. The van der Waals surface area contributed by atoms with Crippen LogP contribution in [0.4, 0.5) is 21.0 Å². The minimum atomic E-state index is -1.03. The number of fused-ring (bicyclic) bond motifs is 1. The van der Waals surface area contributed by atoms with Gasteiger partial charge >= 0.3 is 12.1 Å². The van der Waals surface area contributed by atoms with Crippen LogP contribution < -0.4 is 11.1 Å². The van der Waals surface area contributed by atoms with Crippen LogP contribution in [0.2, 0.25) is 5.02 Å². The highest BCUT2D eigenvalue weighted by molar-refractivity contribution is 7.08. The van der Waals surface area contributed by atoms with E-state index in [4.69, 9.17) is 28.5 Å². The van der Waals surface area contributed by atoms with Crippen molar-refractivity contribution in [2.24, 2.45) is 0 Å². The van der Waals surface area contributed by atoms with Crippen molar-refractivity contribution in [2.75, 3.05) is 50.3 Å². The Bertz CT molecular complexity index is 1440. The number of halogens is 1. The number of nitrogens with two attached hydrogens (primary N) is 1. The average Bonchev–Trinajstić information content (AvgIpc) is 3.74. The van der Waals surface area contributed by atoms with E-state index >= 15 is 0 Å². The summed E-state index contributed by atoms with van der Waals surface area (Å²) in [6, 6.07) is 3.80. The minimum Gasteiger partial charge on any atom is -0.436 e. The zero-order valence-electron chi connectivity index (χ0n) is 24.8. The molecule has 12 heteroatoms. The number of carbonyl (C=O) groups excluding carboxylic acids is 3. The van der Waals surface area contributed by atoms with E-state index in [1.165, 1.54) is 12.8 Å². The number of urea groups is 1. The predicted molar refractivity (Wildman–Crippen MR) is 172 cm³/mol. The van der Waals surface area contributed by atoms with Gasteiger partial charge in [0.25, 0.3) is 5.91 Å². The Balaban J connectivity index is 1.11. The maximum atomic E-state index is 13.9. The summed E-state index contributed by atoms with van der Waals surface area (Å²) in [6.07, 6.45) is 9.76. The number of hydrogen-bond donors (Lipinski definition) is 2. The standard InChI is InChI=1S/C32H39ClN6O4S/c1-2-22-15-21(16-26(33)29(22)34)17-28(30(40)37-11-5-24(6-12-37)36-9-3-4-10-36)43-32(42)38-13-7-25(8-14-38)39-18-23-19-44-20-27(23)35-31(39)41/h1,15-16,19-20,24-25,28H,3-14,17-18,34H2,(H,35,41)/t28-/m1/s1. The van der Waals surface area contributed by atoms with Gasteiger partial charge in [-0.1, -0.05) is 17.5 Å². The fraction of sp³-hybridized carbons (Fsp3) is 0.531. The number of terminal acetylenes is 1. The van der Waals surface area contributed by atoms with Gasteiger partial charge in [0, 0.05) is 61.2 Å². The molecular weight excluding hydrogens is 600 g/mol. The number of carbonyl (C=O) groups is 3. The fourth-order valence-corrected chi connectivity index (χ4v) is 7.94. The van der Waals surface area contributed by atoms with Gasteiger partial charge in [0.15, 0.2) is 6.10 Å². The molecule has 10 nitrogen and oxygen atoms in total. The summed E-state index contributed by atoms with van der Waals surface area (Å²) < 4.78 is 5.98. The van der Waals surface area contributed by atoms with Crippen molar-refractivity contribution in [3.05, 3.63) is 44.6 Å². The van der Waals surface area contributed by atoms with E-state index in [0.717, 1.165) is 37.2 Å². The highest BCUT2D eigenvalue weighted by atomic mass is 35.5. The van der Waals surface area contributed by atoms with Crippen molar-refractivity contribution in [3.8, 4) is 12.3 Å². The first-order chi connectivity index (χ1) is 21.3. The Kier molecular flexibility index (Phi) is 9.21. The summed E-state index contributed by atoms with van der Waals surface area (Å²) in [7, 11) is 0. The molecule has 0 aliphatic carbocycles. The van der Waals surface area contributed by atoms with Crippen LogP contribution in [0.15, 0.2) is 22.9 Å². The van der Waals surface area contributed by atoms with E-state index in [-0.39, 0.29) is 24.4 Å². The van der Waals surface area contributed by atoms with Gasteiger partial charge in [-0.25, -0.2) is 9.59 Å². The normalized spacial score (nSPS) is 20.6. The largest absolute Gasteiger partial charge is 0.436 e. The van der Waals surface area contributed by atoms with E-state index < -0.39 is 12.2 Å². The molecule has 5 heterocycles. The van der Waals surface area contributed by atoms with E-state index in [2.05, 4.69) is 21.5 Å². The second-order valence-corrected chi connectivity index (χ2v) is 13.3. The third kappa shape index (κ3) is 6.48. The van der Waals surface area contributed by atoms with Gasteiger partial charge < -0.3 is 35.4 Å². The van der Waals surface area contributed by atoms with Crippen LogP contribution in [-0.2, 0) is 22.5 Å². The Hall–Kier alpha value is -3.46. The quantitative estimate of drug-likeness (QED) is 0.353. The van der Waals surface area contributed by atoms with Gasteiger partial charge in [0.1, 0.15) is 0 Å². The first-order valence-electron chi connectivity index (χ1n) is 15.5. The fourth-order valence-electron chi connectivity index (χ4n) is 6.92. The number of thiophene rings is 1. The molecule has 0 spiro atoms. The summed E-state index contributed by atoms with van der Waals surface area (Å²) in [4.78, 5) is 48.0. The van der Waals surface area contributed by atoms with Crippen LogP contribution >= 0.6 is 22.9 Å². The highest BCUT2D eigenvalue weighted by Crippen LogP contribution is 2.31. The van der Waals surface area contributed by atoms with Crippen LogP contribution in [-0.4, -0.2) is 95.1 Å². The van der Waals surface area contributed by atoms with E-state index in [1.54, 1.807) is 28.4 Å². The van der Waals surface area contributed by atoms with Gasteiger partial charge in [-0.05, 0) is 74.7 Å². The molecule has 0 saturated carbocycles. The van der Waals surface area contributed by atoms with Gasteiger partial charge in [0.2, 0.25) is 0 Å². The second kappa shape index (κ2) is 13.3. The summed E-state index contributed by atoms with van der Waals surface area (Å²) in [5, 5.41) is 7.27. The van der Waals surface area contributed by atoms with Crippen LogP contribution in [0.25, 0.3) is 0 Å². The molecule has 1 aromatic heterocycles. The number of nitrogens with one attached hydrogen (secondary N) is 1. The number of piperidine rings is 2. The molecule has 234 valence electrons. The predicted octanol–water partition coefficient (Wildman–Crippen LogP) is 4.61. The lowest BCUT2D eigenvalue weighted by atomic mass is 10.00. The molecule has 4 aliphatic rings. The molecular formula is C32H39ClN6O4S. The lowest BCUT2D eigenvalue weighted by molar-refractivity contribution is -0.142. The van der Waals surface area contributed by atoms with E-state index in [1.807, 2.05) is 15.2 Å². The first kappa shape index (κ1) is 30.6. The summed E-state index contributed by atoms with van der Waals surface area (Å²) in [5.41, 5.74) is 9.45. The summed E-state index contributed by atoms with van der Waals surface area (Å²) in [5.74, 6) is 2.34. The Morgan fingerprint density at radius 1 is 1.05 bits per heavy atom. The number of amides is 4. The van der Waals surface area contributed by atoms with Gasteiger partial charge in [-0.3, -0.25) is 4.79 Å². The molecule has 0 bridgehead atoms. The lowest BCUT2D eigenvalue weighted by Gasteiger charge is -2.40. The summed E-state index contributed by atoms with van der Waals surface area (Å²) >= 11 is 7.93. The molecule has 2 aromatic rings. The number of nitrogens with zero attached hydrogens (tertiary/aromatic N) is 4. The third-order valence-electron chi connectivity index (χ3n) is 9.47. The molecule has 1 atom stereocenters. The molecule has 3 fully saturated rings. The number of likely N-dealkylation sites (tertiary alicyclic amines) is 3. The van der Waals surface area contributed by atoms with Crippen molar-refractivity contribution in [3.63, 3.8) is 0 Å². The molecule has 4 aliphatic heterocycles. The van der Waals surface area contributed by atoms with Gasteiger partial charge in [-0.15, -0.1) is 17.8 Å². The van der Waals surface area contributed by atoms with Crippen molar-refractivity contribution in [1.82, 2.24) is 19.6 Å². The Morgan fingerprint density at radius 2 is 1.73 bits per heavy atom. The Morgan fingerprint density at radius 3 is 2.43 bits per heavy atom. The number of anilines is 2. The maximum absolute atomic E-state index is 13.9. The number of rotatable bonds is 6. The molecule has 4 amide bonds. The zero-order valence-corrected chi connectivity index (χ0v) is 26.4. The van der Waals surface area contributed by atoms with Crippen molar-refractivity contribution >= 4 is 52.3 Å². The highest BCUT2D eigenvalue weighted by Gasteiger charge is 2.37. The smallest absolute Gasteiger partial charge is 0.410 e. The van der Waals surface area contributed by atoms with Crippen molar-refractivity contribution in [1.29, 1.82) is 0 Å². The zero-order chi connectivity index (χ0) is 30.8. The second-order valence-electron chi connectivity index (χ2n) is 12.1. The minimum absolute atomic E-state index is 0.0144. The molecule has 1 aromatic carbocycles. The number of benzene rings is 1. The maximum Gasteiger partial charge on any atom is 0.410 e. The van der Waals surface area contributed by atoms with Gasteiger partial charge in [0.05, 0.1) is 22.9 Å². The number of nitrogen functional groups attached to an aromatic ring is 1. The average molecular weight is 639 g/mol. The molecule has 44 heavy (non-hydrogen) atoms. The molecule has 0 radical (unpaired) electrons. The van der Waals surface area contributed by atoms with Crippen LogP contribution in [0.1, 0.15) is 55.2 Å². The third-order valence-corrected chi connectivity index (χ3v) is 10.6.